The minimum absolute atomic E-state index is 0.349. The molecule has 0 unspecified atom stereocenters. The highest BCUT2D eigenvalue weighted by Crippen LogP contribution is 2.41. The first-order valence-corrected chi connectivity index (χ1v) is 6.67. The highest BCUT2D eigenvalue weighted by Gasteiger charge is 2.37. The van der Waals surface area contributed by atoms with Gasteiger partial charge in [-0.15, -0.1) is 0 Å². The van der Waals surface area contributed by atoms with Gasteiger partial charge >= 0.3 is 12.4 Å². The number of aromatic hydroxyl groups is 2. The Kier molecular flexibility index (Phi) is 4.41. The van der Waals surface area contributed by atoms with Crippen molar-refractivity contribution in [3.8, 4) is 11.5 Å². The van der Waals surface area contributed by atoms with Gasteiger partial charge in [-0.25, -0.2) is 0 Å². The van der Waals surface area contributed by atoms with Crippen LogP contribution >= 0.6 is 0 Å². The molecule has 0 heterocycles. The molecule has 2 aromatic rings. The minimum Gasteiger partial charge on any atom is -0.506 e. The van der Waals surface area contributed by atoms with Gasteiger partial charge in [0.05, 0.1) is 22.5 Å². The van der Waals surface area contributed by atoms with Gasteiger partial charge in [-0.05, 0) is 41.8 Å². The highest BCUT2D eigenvalue weighted by atomic mass is 19.4. The highest BCUT2D eigenvalue weighted by molar-refractivity contribution is 5.60. The monoisotopic (exact) mass is 366 g/mol. The van der Waals surface area contributed by atoms with E-state index in [9.17, 15) is 36.6 Å². The van der Waals surface area contributed by atoms with Crippen molar-refractivity contribution in [1.29, 1.82) is 0 Å². The third-order valence-corrected chi connectivity index (χ3v) is 3.50. The zero-order chi connectivity index (χ0) is 19.2. The van der Waals surface area contributed by atoms with E-state index < -0.39 is 63.9 Å². The summed E-state index contributed by atoms with van der Waals surface area (Å²) >= 11 is 0. The molecule has 6 N–H and O–H groups in total. The molecule has 25 heavy (non-hydrogen) atoms. The van der Waals surface area contributed by atoms with Gasteiger partial charge < -0.3 is 21.7 Å². The fraction of sp³-hybridized carbons (Fsp3) is 0.200. The van der Waals surface area contributed by atoms with Crippen LogP contribution in [-0.2, 0) is 18.8 Å². The molecular weight excluding hydrogens is 354 g/mol. The number of hydrogen-bond acceptors (Lipinski definition) is 4. The number of benzene rings is 2. The topological polar surface area (TPSA) is 92.5 Å². The number of anilines is 2. The predicted octanol–water partition coefficient (Wildman–Crippen LogP) is 3.89. The van der Waals surface area contributed by atoms with E-state index in [-0.39, 0.29) is 0 Å². The number of phenols is 2. The van der Waals surface area contributed by atoms with Gasteiger partial charge in [-0.2, -0.15) is 26.3 Å². The largest absolute Gasteiger partial charge is 0.506 e. The Balaban J connectivity index is 2.65. The molecule has 0 fully saturated rings. The van der Waals surface area contributed by atoms with Crippen LogP contribution in [0, 0.1) is 0 Å². The molecule has 10 heteroatoms. The fourth-order valence-electron chi connectivity index (χ4n) is 2.33. The quantitative estimate of drug-likeness (QED) is 0.369. The summed E-state index contributed by atoms with van der Waals surface area (Å²) in [6.45, 7) is 0. The zero-order valence-corrected chi connectivity index (χ0v) is 12.3. The van der Waals surface area contributed by atoms with Crippen molar-refractivity contribution in [3.63, 3.8) is 0 Å². The molecule has 0 aromatic heterocycles. The van der Waals surface area contributed by atoms with Crippen LogP contribution in [0.2, 0.25) is 0 Å². The number of hydrogen-bond donors (Lipinski definition) is 4. The van der Waals surface area contributed by atoms with Crippen LogP contribution in [0.1, 0.15) is 22.3 Å². The van der Waals surface area contributed by atoms with Crippen molar-refractivity contribution in [1.82, 2.24) is 0 Å². The van der Waals surface area contributed by atoms with Gasteiger partial charge in [0.25, 0.3) is 0 Å². The molecule has 2 aromatic carbocycles. The third-order valence-electron chi connectivity index (χ3n) is 3.50. The van der Waals surface area contributed by atoms with E-state index >= 15 is 0 Å². The maximum atomic E-state index is 13.1. The van der Waals surface area contributed by atoms with Crippen molar-refractivity contribution in [2.24, 2.45) is 0 Å². The standard InChI is InChI=1S/C15H12F6N2O2/c16-14(17,18)8-4-12(24)10(22)2-6(8)1-7-3-11(23)13(25)5-9(7)15(19,20)21/h2-5,24-25H,1,22-23H2. The Labute approximate surface area is 137 Å². The Bertz CT molecular complexity index is 748. The molecule has 2 rings (SSSR count). The van der Waals surface area contributed by atoms with Crippen LogP contribution in [0.4, 0.5) is 37.7 Å². The summed E-state index contributed by atoms with van der Waals surface area (Å²) in [6.07, 6.45) is -10.6. The van der Waals surface area contributed by atoms with Gasteiger partial charge in [0, 0.05) is 0 Å². The summed E-state index contributed by atoms with van der Waals surface area (Å²) in [6, 6.07) is 2.20. The molecule has 0 atom stereocenters. The van der Waals surface area contributed by atoms with Gasteiger partial charge in [-0.1, -0.05) is 0 Å². The number of halogens is 6. The summed E-state index contributed by atoms with van der Waals surface area (Å²) in [4.78, 5) is 0. The van der Waals surface area contributed by atoms with Crippen LogP contribution in [0.5, 0.6) is 11.5 Å². The van der Waals surface area contributed by atoms with Crippen LogP contribution in [0.25, 0.3) is 0 Å². The average molecular weight is 366 g/mol. The summed E-state index contributed by atoms with van der Waals surface area (Å²) < 4.78 is 78.6. The summed E-state index contributed by atoms with van der Waals surface area (Å²) in [5.74, 6) is -1.67. The lowest BCUT2D eigenvalue weighted by Gasteiger charge is -2.18. The first kappa shape index (κ1) is 18.6. The Morgan fingerprint density at radius 2 is 1.00 bits per heavy atom. The lowest BCUT2D eigenvalue weighted by atomic mass is 9.94. The van der Waals surface area contributed by atoms with Gasteiger partial charge in [-0.3, -0.25) is 0 Å². The van der Waals surface area contributed by atoms with Gasteiger partial charge in [0.15, 0.2) is 0 Å². The second-order valence-corrected chi connectivity index (χ2v) is 5.31. The maximum absolute atomic E-state index is 13.1. The number of alkyl halides is 6. The molecule has 0 saturated carbocycles. The smallest absolute Gasteiger partial charge is 0.416 e. The number of rotatable bonds is 2. The lowest BCUT2D eigenvalue weighted by molar-refractivity contribution is -0.138. The van der Waals surface area contributed by atoms with Crippen LogP contribution < -0.4 is 11.5 Å². The maximum Gasteiger partial charge on any atom is 0.416 e. The predicted molar refractivity (Wildman–Crippen MR) is 77.8 cm³/mol. The van der Waals surface area contributed by atoms with E-state index in [2.05, 4.69) is 0 Å². The molecule has 0 aliphatic rings. The molecule has 0 amide bonds. The van der Waals surface area contributed by atoms with Crippen molar-refractivity contribution in [2.45, 2.75) is 18.8 Å². The molecule has 0 saturated heterocycles. The summed E-state index contributed by atoms with van der Waals surface area (Å²) in [5, 5.41) is 18.7. The molecule has 0 spiro atoms. The average Bonchev–Trinajstić information content (AvgIpc) is 2.43. The zero-order valence-electron chi connectivity index (χ0n) is 12.3. The fourth-order valence-corrected chi connectivity index (χ4v) is 2.33. The molecule has 0 radical (unpaired) electrons. The van der Waals surface area contributed by atoms with Gasteiger partial charge in [0.1, 0.15) is 11.5 Å². The summed E-state index contributed by atoms with van der Waals surface area (Å²) in [7, 11) is 0. The van der Waals surface area contributed by atoms with Gasteiger partial charge in [0.2, 0.25) is 0 Å². The van der Waals surface area contributed by atoms with E-state index in [0.717, 1.165) is 12.1 Å². The molecular formula is C15H12F6N2O2. The van der Waals surface area contributed by atoms with E-state index in [4.69, 9.17) is 11.5 Å². The SMILES string of the molecule is Nc1cc(Cc2cc(N)c(O)cc2C(F)(F)F)c(C(F)(F)F)cc1O. The lowest BCUT2D eigenvalue weighted by Crippen LogP contribution is -2.14. The van der Waals surface area contributed by atoms with Crippen molar-refractivity contribution in [3.05, 3.63) is 46.5 Å². The van der Waals surface area contributed by atoms with Crippen molar-refractivity contribution in [2.75, 3.05) is 11.5 Å². The Hall–Kier alpha value is -2.78. The number of phenolic OH excluding ortho intramolecular Hbond substituents is 2. The van der Waals surface area contributed by atoms with E-state index in [0.29, 0.717) is 12.1 Å². The second kappa shape index (κ2) is 5.94. The van der Waals surface area contributed by atoms with Crippen LogP contribution in [0.3, 0.4) is 0 Å². The Morgan fingerprint density at radius 3 is 1.28 bits per heavy atom. The number of nitrogens with two attached hydrogens (primary N) is 2. The van der Waals surface area contributed by atoms with Crippen molar-refractivity contribution < 1.29 is 36.6 Å². The minimum atomic E-state index is -4.92. The van der Waals surface area contributed by atoms with E-state index in [1.54, 1.807) is 0 Å². The first-order chi connectivity index (χ1) is 11.3. The normalized spacial score (nSPS) is 12.4. The van der Waals surface area contributed by atoms with Crippen LogP contribution in [-0.4, -0.2) is 10.2 Å². The molecule has 4 nitrogen and oxygen atoms in total. The molecule has 0 bridgehead atoms. The van der Waals surface area contributed by atoms with Crippen molar-refractivity contribution >= 4 is 11.4 Å². The van der Waals surface area contributed by atoms with E-state index in [1.807, 2.05) is 0 Å². The number of nitrogen functional groups attached to an aromatic ring is 2. The first-order valence-electron chi connectivity index (χ1n) is 6.67. The Morgan fingerprint density at radius 1 is 0.680 bits per heavy atom. The molecule has 0 aliphatic carbocycles. The molecule has 0 aliphatic heterocycles. The third kappa shape index (κ3) is 3.83. The molecule has 136 valence electrons. The van der Waals surface area contributed by atoms with E-state index in [1.165, 1.54) is 0 Å². The second-order valence-electron chi connectivity index (χ2n) is 5.31. The summed E-state index contributed by atoms with van der Waals surface area (Å²) in [5.41, 5.74) is 6.11. The van der Waals surface area contributed by atoms with Crippen LogP contribution in [0.15, 0.2) is 24.3 Å².